The van der Waals surface area contributed by atoms with Crippen LogP contribution in [0.5, 0.6) is 0 Å². The van der Waals surface area contributed by atoms with Crippen molar-refractivity contribution in [2.24, 2.45) is 0 Å². The fraction of sp³-hybridized carbons (Fsp3) is 0.188. The van der Waals surface area contributed by atoms with Gasteiger partial charge in [-0.15, -0.1) is 11.6 Å². The molecule has 0 fully saturated rings. The van der Waals surface area contributed by atoms with E-state index < -0.39 is 0 Å². The van der Waals surface area contributed by atoms with E-state index in [0.717, 1.165) is 29.0 Å². The van der Waals surface area contributed by atoms with Gasteiger partial charge >= 0.3 is 0 Å². The minimum atomic E-state index is 0.363. The van der Waals surface area contributed by atoms with Gasteiger partial charge in [0, 0.05) is 10.7 Å². The number of nitrogens with zero attached hydrogens (tertiary/aromatic N) is 2. The topological polar surface area (TPSA) is 17.8 Å². The van der Waals surface area contributed by atoms with Crippen LogP contribution < -0.4 is 0 Å². The Labute approximate surface area is 128 Å². The van der Waals surface area contributed by atoms with E-state index in [9.17, 15) is 0 Å². The monoisotopic (exact) mass is 304 g/mol. The summed E-state index contributed by atoms with van der Waals surface area (Å²) in [5.41, 5.74) is 4.28. The number of hydrogen-bond donors (Lipinski definition) is 0. The summed E-state index contributed by atoms with van der Waals surface area (Å²) in [6.45, 7) is 2.15. The van der Waals surface area contributed by atoms with E-state index in [1.165, 1.54) is 5.56 Å². The number of aryl methyl sites for hydroxylation is 1. The molecule has 4 heteroatoms. The average molecular weight is 305 g/mol. The zero-order valence-corrected chi connectivity index (χ0v) is 12.6. The molecule has 0 unspecified atom stereocenters. The fourth-order valence-corrected chi connectivity index (χ4v) is 2.71. The van der Waals surface area contributed by atoms with Gasteiger partial charge in [0.05, 0.1) is 16.9 Å². The highest BCUT2D eigenvalue weighted by molar-refractivity contribution is 6.31. The molecule has 0 aliphatic rings. The van der Waals surface area contributed by atoms with E-state index in [0.29, 0.717) is 10.9 Å². The van der Waals surface area contributed by atoms with Gasteiger partial charge in [0.25, 0.3) is 0 Å². The van der Waals surface area contributed by atoms with Crippen molar-refractivity contribution in [3.8, 4) is 5.69 Å². The molecule has 2 aromatic carbocycles. The van der Waals surface area contributed by atoms with Crippen molar-refractivity contribution in [3.05, 3.63) is 58.9 Å². The molecule has 2 nitrogen and oxygen atoms in total. The van der Waals surface area contributed by atoms with Gasteiger partial charge in [-0.2, -0.15) is 0 Å². The Hall–Kier alpha value is -1.51. The number of alkyl halides is 1. The Morgan fingerprint density at radius 2 is 1.85 bits per heavy atom. The summed E-state index contributed by atoms with van der Waals surface area (Å²) in [4.78, 5) is 4.56. The number of rotatable bonds is 3. The number of benzene rings is 2. The molecule has 20 heavy (non-hydrogen) atoms. The third-order valence-electron chi connectivity index (χ3n) is 3.41. The summed E-state index contributed by atoms with van der Waals surface area (Å²) < 4.78 is 2.08. The lowest BCUT2D eigenvalue weighted by Crippen LogP contribution is -1.99. The van der Waals surface area contributed by atoms with Gasteiger partial charge in [-0.25, -0.2) is 4.98 Å². The molecule has 3 aromatic rings. The number of halogens is 2. The number of hydrogen-bond acceptors (Lipinski definition) is 1. The van der Waals surface area contributed by atoms with Gasteiger partial charge < -0.3 is 0 Å². The molecule has 0 N–H and O–H groups in total. The zero-order valence-electron chi connectivity index (χ0n) is 11.1. The van der Waals surface area contributed by atoms with Crippen molar-refractivity contribution in [3.63, 3.8) is 0 Å². The number of imidazole rings is 1. The van der Waals surface area contributed by atoms with Crippen molar-refractivity contribution in [2.75, 3.05) is 0 Å². The van der Waals surface area contributed by atoms with Crippen LogP contribution >= 0.6 is 23.2 Å². The molecule has 1 heterocycles. The van der Waals surface area contributed by atoms with Gasteiger partial charge in [-0.1, -0.05) is 30.7 Å². The van der Waals surface area contributed by atoms with E-state index in [1.807, 2.05) is 18.2 Å². The summed E-state index contributed by atoms with van der Waals surface area (Å²) in [7, 11) is 0. The van der Waals surface area contributed by atoms with Gasteiger partial charge in [0.2, 0.25) is 0 Å². The summed E-state index contributed by atoms with van der Waals surface area (Å²) in [5, 5.41) is 0.685. The Balaban J connectivity index is 2.22. The second kappa shape index (κ2) is 5.47. The highest BCUT2D eigenvalue weighted by atomic mass is 35.5. The first kappa shape index (κ1) is 13.5. The van der Waals surface area contributed by atoms with Crippen molar-refractivity contribution in [2.45, 2.75) is 19.2 Å². The van der Waals surface area contributed by atoms with E-state index in [1.54, 1.807) is 0 Å². The van der Waals surface area contributed by atoms with Gasteiger partial charge in [-0.3, -0.25) is 4.57 Å². The summed E-state index contributed by atoms with van der Waals surface area (Å²) in [5.74, 6) is 1.19. The molecule has 0 amide bonds. The van der Waals surface area contributed by atoms with Crippen LogP contribution in [0.15, 0.2) is 42.5 Å². The van der Waals surface area contributed by atoms with Crippen molar-refractivity contribution in [1.82, 2.24) is 9.55 Å². The minimum absolute atomic E-state index is 0.363. The largest absolute Gasteiger partial charge is 0.295 e. The lowest BCUT2D eigenvalue weighted by molar-refractivity contribution is 0.979. The molecule has 0 saturated carbocycles. The van der Waals surface area contributed by atoms with Crippen molar-refractivity contribution >= 4 is 34.2 Å². The molecule has 0 spiro atoms. The third kappa shape index (κ3) is 2.30. The standard InChI is InChI=1S/C16H14Cl2N2/c1-2-11-3-6-13(7-4-11)20-15-8-5-12(18)9-14(15)19-16(20)10-17/h3-9H,2,10H2,1H3. The Morgan fingerprint density at radius 1 is 1.10 bits per heavy atom. The molecule has 0 radical (unpaired) electrons. The summed E-state index contributed by atoms with van der Waals surface area (Å²) in [6.07, 6.45) is 1.03. The van der Waals surface area contributed by atoms with Crippen LogP contribution in [0.3, 0.4) is 0 Å². The van der Waals surface area contributed by atoms with Gasteiger partial charge in [0.1, 0.15) is 5.82 Å². The van der Waals surface area contributed by atoms with Crippen LogP contribution in [-0.2, 0) is 12.3 Å². The maximum absolute atomic E-state index is 6.04. The van der Waals surface area contributed by atoms with Gasteiger partial charge in [-0.05, 0) is 42.3 Å². The van der Waals surface area contributed by atoms with E-state index in [-0.39, 0.29) is 0 Å². The highest BCUT2D eigenvalue weighted by Crippen LogP contribution is 2.25. The number of aromatic nitrogens is 2. The maximum atomic E-state index is 6.04. The molecule has 0 atom stereocenters. The SMILES string of the molecule is CCc1ccc(-n2c(CCl)nc3cc(Cl)ccc32)cc1. The lowest BCUT2D eigenvalue weighted by Gasteiger charge is -2.08. The van der Waals surface area contributed by atoms with Crippen LogP contribution in [0.2, 0.25) is 5.02 Å². The minimum Gasteiger partial charge on any atom is -0.295 e. The molecule has 0 saturated heterocycles. The second-order valence-corrected chi connectivity index (χ2v) is 5.35. The predicted octanol–water partition coefficient (Wildman–Crippen LogP) is 4.98. The maximum Gasteiger partial charge on any atom is 0.129 e. The first-order valence-electron chi connectivity index (χ1n) is 6.55. The summed E-state index contributed by atoms with van der Waals surface area (Å²) >= 11 is 12.1. The van der Waals surface area contributed by atoms with E-state index in [2.05, 4.69) is 40.7 Å². The fourth-order valence-electron chi connectivity index (χ4n) is 2.36. The van der Waals surface area contributed by atoms with Crippen molar-refractivity contribution < 1.29 is 0 Å². The molecular weight excluding hydrogens is 291 g/mol. The molecular formula is C16H14Cl2N2. The van der Waals surface area contributed by atoms with Crippen LogP contribution in [0.25, 0.3) is 16.7 Å². The Kier molecular flexibility index (Phi) is 3.68. The van der Waals surface area contributed by atoms with E-state index >= 15 is 0 Å². The first-order chi connectivity index (χ1) is 9.72. The summed E-state index contributed by atoms with van der Waals surface area (Å²) in [6, 6.07) is 14.2. The molecule has 0 aliphatic carbocycles. The third-order valence-corrected chi connectivity index (χ3v) is 3.88. The molecule has 1 aromatic heterocycles. The zero-order chi connectivity index (χ0) is 14.1. The first-order valence-corrected chi connectivity index (χ1v) is 7.46. The predicted molar refractivity (Wildman–Crippen MR) is 85.0 cm³/mol. The quantitative estimate of drug-likeness (QED) is 0.624. The van der Waals surface area contributed by atoms with Crippen LogP contribution in [0, 0.1) is 0 Å². The number of fused-ring (bicyclic) bond motifs is 1. The Morgan fingerprint density at radius 3 is 2.50 bits per heavy atom. The molecule has 0 bridgehead atoms. The molecule has 102 valence electrons. The van der Waals surface area contributed by atoms with E-state index in [4.69, 9.17) is 23.2 Å². The van der Waals surface area contributed by atoms with Crippen LogP contribution in [0.1, 0.15) is 18.3 Å². The smallest absolute Gasteiger partial charge is 0.129 e. The molecule has 3 rings (SSSR count). The lowest BCUT2D eigenvalue weighted by atomic mass is 10.1. The Bertz CT molecular complexity index is 745. The van der Waals surface area contributed by atoms with Crippen LogP contribution in [0.4, 0.5) is 0 Å². The van der Waals surface area contributed by atoms with Crippen LogP contribution in [-0.4, -0.2) is 9.55 Å². The second-order valence-electron chi connectivity index (χ2n) is 4.65. The molecule has 0 aliphatic heterocycles. The average Bonchev–Trinajstić information content (AvgIpc) is 2.84. The van der Waals surface area contributed by atoms with Crippen molar-refractivity contribution in [1.29, 1.82) is 0 Å². The van der Waals surface area contributed by atoms with Gasteiger partial charge in [0.15, 0.2) is 0 Å². The normalized spacial score (nSPS) is 11.2. The highest BCUT2D eigenvalue weighted by Gasteiger charge is 2.11.